The van der Waals surface area contributed by atoms with Crippen LogP contribution >= 0.6 is 23.2 Å². The van der Waals surface area contributed by atoms with Crippen LogP contribution in [-0.2, 0) is 0 Å². The van der Waals surface area contributed by atoms with Gasteiger partial charge in [-0.3, -0.25) is 9.78 Å². The van der Waals surface area contributed by atoms with Gasteiger partial charge < -0.3 is 9.47 Å². The number of hydrogen-bond acceptors (Lipinski definition) is 5. The van der Waals surface area contributed by atoms with Crippen molar-refractivity contribution in [2.45, 2.75) is 6.92 Å². The molecule has 5 nitrogen and oxygen atoms in total. The van der Waals surface area contributed by atoms with Crippen LogP contribution < -0.4 is 9.47 Å². The van der Waals surface area contributed by atoms with Crippen LogP contribution in [0, 0.1) is 6.92 Å². The van der Waals surface area contributed by atoms with Crippen LogP contribution in [0.15, 0.2) is 60.6 Å². The number of ether oxygens (including phenoxy) is 2. The highest BCUT2D eigenvalue weighted by Crippen LogP contribution is 2.38. The number of aromatic nitrogens is 1. The summed E-state index contributed by atoms with van der Waals surface area (Å²) in [4.78, 5) is 28.9. The topological polar surface area (TPSA) is 65.5 Å². The first kappa shape index (κ1) is 19.2. The molecule has 0 radical (unpaired) electrons. The van der Waals surface area contributed by atoms with E-state index in [0.29, 0.717) is 38.0 Å². The molecule has 1 aliphatic heterocycles. The van der Waals surface area contributed by atoms with E-state index in [4.69, 9.17) is 32.7 Å². The number of fused-ring (bicyclic) bond motifs is 1. The minimum atomic E-state index is -0.550. The van der Waals surface area contributed by atoms with Crippen LogP contribution in [0.3, 0.4) is 0 Å². The number of allylic oxidation sites excluding steroid dienone is 1. The van der Waals surface area contributed by atoms with Crippen LogP contribution in [0.2, 0.25) is 10.0 Å². The molecule has 29 heavy (non-hydrogen) atoms. The summed E-state index contributed by atoms with van der Waals surface area (Å²) in [5, 5.41) is 0.898. The van der Waals surface area contributed by atoms with Crippen molar-refractivity contribution in [2.75, 3.05) is 0 Å². The molecule has 0 unspecified atom stereocenters. The molecular weight excluding hydrogens is 413 g/mol. The van der Waals surface area contributed by atoms with Crippen LogP contribution in [0.1, 0.15) is 31.8 Å². The molecule has 1 aliphatic rings. The highest BCUT2D eigenvalue weighted by Gasteiger charge is 2.30. The molecule has 2 heterocycles. The second-order valence-electron chi connectivity index (χ2n) is 6.35. The van der Waals surface area contributed by atoms with Gasteiger partial charge in [-0.1, -0.05) is 29.3 Å². The maximum Gasteiger partial charge on any atom is 0.345 e. The minimum absolute atomic E-state index is 0.128. The van der Waals surface area contributed by atoms with Crippen molar-refractivity contribution in [3.63, 3.8) is 0 Å². The summed E-state index contributed by atoms with van der Waals surface area (Å²) < 4.78 is 11.1. The molecule has 0 spiro atoms. The fraction of sp³-hybridized carbons (Fsp3) is 0.0455. The van der Waals surface area contributed by atoms with E-state index in [2.05, 4.69) is 4.98 Å². The Morgan fingerprint density at radius 2 is 2.00 bits per heavy atom. The Bertz CT molecular complexity index is 1170. The number of ketones is 1. The molecule has 0 bridgehead atoms. The maximum atomic E-state index is 12.8. The zero-order valence-corrected chi connectivity index (χ0v) is 16.6. The predicted molar refractivity (Wildman–Crippen MR) is 110 cm³/mol. The Labute approximate surface area is 176 Å². The summed E-state index contributed by atoms with van der Waals surface area (Å²) in [6, 6.07) is 11.3. The number of hydrogen-bond donors (Lipinski definition) is 0. The monoisotopic (exact) mass is 425 g/mol. The summed E-state index contributed by atoms with van der Waals surface area (Å²) in [6.07, 6.45) is 4.54. The Balaban J connectivity index is 1.63. The van der Waals surface area contributed by atoms with Gasteiger partial charge in [0, 0.05) is 28.5 Å². The Hall–Kier alpha value is -3.15. The fourth-order valence-electron chi connectivity index (χ4n) is 2.95. The van der Waals surface area contributed by atoms with Gasteiger partial charge in [-0.25, -0.2) is 4.79 Å². The molecule has 3 aromatic rings. The lowest BCUT2D eigenvalue weighted by atomic mass is 10.0. The average Bonchev–Trinajstić information content (AvgIpc) is 3.00. The SMILES string of the molecule is Cc1cc(OC(=O)c2cccnc2)cc2c1C(=O)/C(=C/c1ccc(Cl)cc1Cl)O2. The third-order valence-corrected chi connectivity index (χ3v) is 4.86. The van der Waals surface area contributed by atoms with E-state index >= 15 is 0 Å². The number of halogens is 2. The van der Waals surface area contributed by atoms with Crippen molar-refractivity contribution >= 4 is 41.0 Å². The number of rotatable bonds is 3. The fourth-order valence-corrected chi connectivity index (χ4v) is 3.41. The van der Waals surface area contributed by atoms with Crippen LogP contribution in [0.25, 0.3) is 6.08 Å². The van der Waals surface area contributed by atoms with Crippen molar-refractivity contribution in [3.05, 3.63) is 92.9 Å². The molecule has 0 atom stereocenters. The van der Waals surface area contributed by atoms with Crippen LogP contribution in [0.4, 0.5) is 0 Å². The van der Waals surface area contributed by atoms with Crippen LogP contribution in [0.5, 0.6) is 11.5 Å². The minimum Gasteiger partial charge on any atom is -0.452 e. The lowest BCUT2D eigenvalue weighted by Gasteiger charge is -2.07. The highest BCUT2D eigenvalue weighted by molar-refractivity contribution is 6.35. The largest absolute Gasteiger partial charge is 0.452 e. The number of esters is 1. The molecule has 0 N–H and O–H groups in total. The first-order valence-corrected chi connectivity index (χ1v) is 9.34. The number of pyridine rings is 1. The molecule has 1 aromatic heterocycles. The summed E-state index contributed by atoms with van der Waals surface area (Å²) in [5.41, 5.74) is 1.98. The summed E-state index contributed by atoms with van der Waals surface area (Å²) in [7, 11) is 0. The first-order valence-electron chi connectivity index (χ1n) is 8.58. The third-order valence-electron chi connectivity index (χ3n) is 4.30. The van der Waals surface area contributed by atoms with E-state index in [1.165, 1.54) is 12.3 Å². The molecule has 0 saturated heterocycles. The van der Waals surface area contributed by atoms with E-state index in [-0.39, 0.29) is 17.3 Å². The second kappa shape index (κ2) is 7.70. The van der Waals surface area contributed by atoms with Gasteiger partial charge in [0.25, 0.3) is 0 Å². The molecule has 2 aromatic carbocycles. The smallest absolute Gasteiger partial charge is 0.345 e. The molecular formula is C22H13Cl2NO4. The average molecular weight is 426 g/mol. The van der Waals surface area contributed by atoms with Gasteiger partial charge in [-0.05, 0) is 54.5 Å². The number of carbonyl (C=O) groups excluding carboxylic acids is 2. The van der Waals surface area contributed by atoms with E-state index in [1.807, 2.05) is 0 Å². The molecule has 144 valence electrons. The zero-order valence-electron chi connectivity index (χ0n) is 15.1. The standard InChI is InChI=1S/C22H13Cl2NO4/c1-12-7-16(28-22(27)14-3-2-6-25-11-14)10-18-20(12)21(26)19(29-18)8-13-4-5-15(23)9-17(13)24/h2-11H,1H3/b19-8-. The maximum absolute atomic E-state index is 12.8. The van der Waals surface area contributed by atoms with E-state index in [9.17, 15) is 9.59 Å². The lowest BCUT2D eigenvalue weighted by Crippen LogP contribution is -2.09. The van der Waals surface area contributed by atoms with Crippen molar-refractivity contribution in [2.24, 2.45) is 0 Å². The van der Waals surface area contributed by atoms with Crippen molar-refractivity contribution in [1.29, 1.82) is 0 Å². The molecule has 4 rings (SSSR count). The third kappa shape index (κ3) is 3.88. The molecule has 0 fully saturated rings. The summed E-state index contributed by atoms with van der Waals surface area (Å²) in [6.45, 7) is 1.75. The lowest BCUT2D eigenvalue weighted by molar-refractivity contribution is 0.0734. The molecule has 0 saturated carbocycles. The summed E-state index contributed by atoms with van der Waals surface area (Å²) >= 11 is 12.1. The van der Waals surface area contributed by atoms with Gasteiger partial charge in [0.15, 0.2) is 5.76 Å². The Kier molecular flexibility index (Phi) is 5.09. The van der Waals surface area contributed by atoms with E-state index < -0.39 is 5.97 Å². The summed E-state index contributed by atoms with van der Waals surface area (Å²) in [5.74, 6) is -0.101. The number of nitrogens with zero attached hydrogens (tertiary/aromatic N) is 1. The first-order chi connectivity index (χ1) is 13.9. The Morgan fingerprint density at radius 1 is 1.17 bits per heavy atom. The normalized spacial score (nSPS) is 13.9. The van der Waals surface area contributed by atoms with Gasteiger partial charge in [-0.15, -0.1) is 0 Å². The predicted octanol–water partition coefficient (Wildman–Crippen LogP) is 5.53. The van der Waals surface area contributed by atoms with Gasteiger partial charge in [0.2, 0.25) is 5.78 Å². The van der Waals surface area contributed by atoms with Gasteiger partial charge in [0.1, 0.15) is 11.5 Å². The van der Waals surface area contributed by atoms with Crippen molar-refractivity contribution in [1.82, 2.24) is 4.98 Å². The van der Waals surface area contributed by atoms with Gasteiger partial charge >= 0.3 is 5.97 Å². The van der Waals surface area contributed by atoms with E-state index in [1.54, 1.807) is 55.6 Å². The van der Waals surface area contributed by atoms with Crippen LogP contribution in [-0.4, -0.2) is 16.7 Å². The van der Waals surface area contributed by atoms with Gasteiger partial charge in [0.05, 0.1) is 11.1 Å². The molecule has 7 heteroatoms. The number of carbonyl (C=O) groups is 2. The highest BCUT2D eigenvalue weighted by atomic mass is 35.5. The molecule has 0 aliphatic carbocycles. The number of benzene rings is 2. The van der Waals surface area contributed by atoms with Crippen molar-refractivity contribution in [3.8, 4) is 11.5 Å². The molecule has 0 amide bonds. The van der Waals surface area contributed by atoms with Gasteiger partial charge in [-0.2, -0.15) is 0 Å². The number of Topliss-reactive ketones (excluding diaryl/α,β-unsaturated/α-hetero) is 1. The van der Waals surface area contributed by atoms with Crippen molar-refractivity contribution < 1.29 is 19.1 Å². The van der Waals surface area contributed by atoms with E-state index in [0.717, 1.165) is 0 Å². The second-order valence-corrected chi connectivity index (χ2v) is 7.19. The Morgan fingerprint density at radius 3 is 2.72 bits per heavy atom. The quantitative estimate of drug-likeness (QED) is 0.313. The zero-order chi connectivity index (χ0) is 20.5. The number of aryl methyl sites for hydroxylation is 1.